The van der Waals surface area contributed by atoms with E-state index in [0.717, 1.165) is 12.0 Å². The molecule has 1 amide bonds. The number of benzene rings is 2. The summed E-state index contributed by atoms with van der Waals surface area (Å²) in [6.07, 6.45) is 0.863. The Morgan fingerprint density at radius 3 is 2.87 bits per heavy atom. The molecule has 0 aliphatic carbocycles. The van der Waals surface area contributed by atoms with Gasteiger partial charge in [-0.3, -0.25) is 4.79 Å². The van der Waals surface area contributed by atoms with Crippen molar-refractivity contribution in [2.45, 2.75) is 25.6 Å². The van der Waals surface area contributed by atoms with Crippen LogP contribution >= 0.6 is 0 Å². The Morgan fingerprint density at radius 1 is 1.27 bits per heavy atom. The van der Waals surface area contributed by atoms with Gasteiger partial charge < -0.3 is 18.9 Å². The predicted octanol–water partition coefficient (Wildman–Crippen LogP) is 3.24. The molecule has 8 heteroatoms. The van der Waals surface area contributed by atoms with Gasteiger partial charge in [-0.25, -0.2) is 4.39 Å². The van der Waals surface area contributed by atoms with Crippen LogP contribution in [-0.4, -0.2) is 47.3 Å². The van der Waals surface area contributed by atoms with Gasteiger partial charge in [0.05, 0.1) is 13.0 Å². The van der Waals surface area contributed by atoms with Crippen LogP contribution in [0.25, 0.3) is 11.4 Å². The summed E-state index contributed by atoms with van der Waals surface area (Å²) in [5.74, 6) is 1.27. The molecule has 1 fully saturated rings. The van der Waals surface area contributed by atoms with E-state index in [1.165, 1.54) is 12.1 Å². The lowest BCUT2D eigenvalue weighted by molar-refractivity contribution is -0.129. The Balaban J connectivity index is 1.31. The van der Waals surface area contributed by atoms with Crippen molar-refractivity contribution in [2.75, 3.05) is 20.2 Å². The molecule has 1 atom stereocenters. The summed E-state index contributed by atoms with van der Waals surface area (Å²) in [6, 6.07) is 13.6. The second kappa shape index (κ2) is 9.04. The summed E-state index contributed by atoms with van der Waals surface area (Å²) in [5, 5.41) is 3.93. The Bertz CT molecular complexity index is 1010. The summed E-state index contributed by atoms with van der Waals surface area (Å²) < 4.78 is 29.4. The third-order valence-corrected chi connectivity index (χ3v) is 4.89. The van der Waals surface area contributed by atoms with Crippen LogP contribution in [-0.2, 0) is 22.6 Å². The van der Waals surface area contributed by atoms with Crippen LogP contribution in [0.1, 0.15) is 17.9 Å². The van der Waals surface area contributed by atoms with Crippen LogP contribution in [0.4, 0.5) is 4.39 Å². The van der Waals surface area contributed by atoms with Gasteiger partial charge in [-0.2, -0.15) is 4.98 Å². The standard InChI is InChI=1S/C22H22FN3O4/c1-28-14-20-24-22(25-30-20)16-5-7-18(8-6-16)29-19-9-10-26(13-19)21(27)12-15-3-2-4-17(23)11-15/h2-8,11,19H,9-10,12-14H2,1H3. The smallest absolute Gasteiger partial charge is 0.252 e. The number of rotatable bonds is 7. The summed E-state index contributed by atoms with van der Waals surface area (Å²) in [6.45, 7) is 1.41. The molecule has 0 bridgehead atoms. The van der Waals surface area contributed by atoms with E-state index in [1.807, 2.05) is 24.3 Å². The first-order chi connectivity index (χ1) is 14.6. The van der Waals surface area contributed by atoms with E-state index in [9.17, 15) is 9.18 Å². The highest BCUT2D eigenvalue weighted by molar-refractivity contribution is 5.79. The Morgan fingerprint density at radius 2 is 2.10 bits per heavy atom. The molecule has 0 spiro atoms. The highest BCUT2D eigenvalue weighted by atomic mass is 19.1. The van der Waals surface area contributed by atoms with Crippen molar-refractivity contribution in [3.63, 3.8) is 0 Å². The van der Waals surface area contributed by atoms with Crippen molar-refractivity contribution in [1.82, 2.24) is 15.0 Å². The molecule has 0 saturated carbocycles. The molecular formula is C22H22FN3O4. The molecule has 2 heterocycles. The largest absolute Gasteiger partial charge is 0.489 e. The van der Waals surface area contributed by atoms with Gasteiger partial charge in [0.2, 0.25) is 11.7 Å². The lowest BCUT2D eigenvalue weighted by Gasteiger charge is -2.17. The fourth-order valence-electron chi connectivity index (χ4n) is 3.41. The van der Waals surface area contributed by atoms with E-state index in [2.05, 4.69) is 10.1 Å². The molecular weight excluding hydrogens is 389 g/mol. The maximum atomic E-state index is 13.3. The number of carbonyl (C=O) groups is 1. The minimum atomic E-state index is -0.331. The first-order valence-corrected chi connectivity index (χ1v) is 9.71. The minimum Gasteiger partial charge on any atom is -0.489 e. The molecule has 0 radical (unpaired) electrons. The number of hydrogen-bond donors (Lipinski definition) is 0. The fourth-order valence-corrected chi connectivity index (χ4v) is 3.41. The second-order valence-electron chi connectivity index (χ2n) is 7.14. The number of nitrogens with zero attached hydrogens (tertiary/aromatic N) is 3. The predicted molar refractivity (Wildman–Crippen MR) is 106 cm³/mol. The maximum absolute atomic E-state index is 13.3. The van der Waals surface area contributed by atoms with Gasteiger partial charge in [0, 0.05) is 25.6 Å². The number of carbonyl (C=O) groups excluding carboxylic acids is 1. The number of methoxy groups -OCH3 is 1. The lowest BCUT2D eigenvalue weighted by atomic mass is 10.1. The number of hydrogen-bond acceptors (Lipinski definition) is 6. The van der Waals surface area contributed by atoms with E-state index in [0.29, 0.717) is 36.1 Å². The van der Waals surface area contributed by atoms with E-state index in [1.54, 1.807) is 24.1 Å². The quantitative estimate of drug-likeness (QED) is 0.594. The normalized spacial score (nSPS) is 16.1. The van der Waals surface area contributed by atoms with Gasteiger partial charge in [0.15, 0.2) is 0 Å². The van der Waals surface area contributed by atoms with E-state index < -0.39 is 0 Å². The lowest BCUT2D eigenvalue weighted by Crippen LogP contribution is -2.32. The van der Waals surface area contributed by atoms with Crippen molar-refractivity contribution in [2.24, 2.45) is 0 Å². The third kappa shape index (κ3) is 4.83. The molecule has 1 aliphatic rings. The van der Waals surface area contributed by atoms with Crippen LogP contribution in [0.2, 0.25) is 0 Å². The monoisotopic (exact) mass is 411 g/mol. The molecule has 7 nitrogen and oxygen atoms in total. The molecule has 156 valence electrons. The zero-order valence-corrected chi connectivity index (χ0v) is 16.6. The number of halogens is 1. The summed E-state index contributed by atoms with van der Waals surface area (Å²) in [4.78, 5) is 18.5. The van der Waals surface area contributed by atoms with Crippen LogP contribution in [0.5, 0.6) is 5.75 Å². The van der Waals surface area contributed by atoms with Gasteiger partial charge in [0.25, 0.3) is 5.89 Å². The molecule has 1 unspecified atom stereocenters. The number of likely N-dealkylation sites (tertiary alicyclic amines) is 1. The average Bonchev–Trinajstić information content (AvgIpc) is 3.39. The van der Waals surface area contributed by atoms with Gasteiger partial charge in [0.1, 0.15) is 24.3 Å². The number of aromatic nitrogens is 2. The first-order valence-electron chi connectivity index (χ1n) is 9.71. The Kier molecular flexibility index (Phi) is 6.04. The van der Waals surface area contributed by atoms with Crippen molar-refractivity contribution in [3.05, 3.63) is 65.8 Å². The Hall–Kier alpha value is -3.26. The SMILES string of the molecule is COCc1nc(-c2ccc(OC3CCN(C(=O)Cc4cccc(F)c4)C3)cc2)no1. The molecule has 4 rings (SSSR count). The van der Waals surface area contributed by atoms with E-state index in [4.69, 9.17) is 14.0 Å². The minimum absolute atomic E-state index is 0.0222. The van der Waals surface area contributed by atoms with Crippen LogP contribution in [0.3, 0.4) is 0 Å². The van der Waals surface area contributed by atoms with Crippen LogP contribution < -0.4 is 4.74 Å². The first kappa shape index (κ1) is 20.0. The number of amides is 1. The summed E-state index contributed by atoms with van der Waals surface area (Å²) in [5.41, 5.74) is 1.49. The Labute approximate surface area is 173 Å². The van der Waals surface area contributed by atoms with Gasteiger partial charge in [-0.05, 0) is 42.0 Å². The summed E-state index contributed by atoms with van der Waals surface area (Å²) >= 11 is 0. The molecule has 0 N–H and O–H groups in total. The van der Waals surface area contributed by atoms with Gasteiger partial charge >= 0.3 is 0 Å². The van der Waals surface area contributed by atoms with E-state index >= 15 is 0 Å². The second-order valence-corrected chi connectivity index (χ2v) is 7.14. The van der Waals surface area contributed by atoms with Gasteiger partial charge in [-0.15, -0.1) is 0 Å². The third-order valence-electron chi connectivity index (χ3n) is 4.89. The van der Waals surface area contributed by atoms with Crippen molar-refractivity contribution < 1.29 is 23.2 Å². The highest BCUT2D eigenvalue weighted by Crippen LogP contribution is 2.23. The average molecular weight is 411 g/mol. The van der Waals surface area contributed by atoms with Crippen molar-refractivity contribution in [3.8, 4) is 17.1 Å². The molecule has 2 aromatic carbocycles. The molecule has 1 aliphatic heterocycles. The van der Waals surface area contributed by atoms with Crippen LogP contribution in [0.15, 0.2) is 53.1 Å². The maximum Gasteiger partial charge on any atom is 0.252 e. The van der Waals surface area contributed by atoms with Crippen molar-refractivity contribution >= 4 is 5.91 Å². The van der Waals surface area contributed by atoms with Crippen LogP contribution in [0, 0.1) is 5.82 Å². The number of ether oxygens (including phenoxy) is 2. The molecule has 30 heavy (non-hydrogen) atoms. The fraction of sp³-hybridized carbons (Fsp3) is 0.318. The zero-order valence-electron chi connectivity index (χ0n) is 16.6. The van der Waals surface area contributed by atoms with Crippen molar-refractivity contribution in [1.29, 1.82) is 0 Å². The van der Waals surface area contributed by atoms with E-state index in [-0.39, 0.29) is 30.9 Å². The topological polar surface area (TPSA) is 77.7 Å². The molecule has 3 aromatic rings. The summed E-state index contributed by atoms with van der Waals surface area (Å²) in [7, 11) is 1.56. The zero-order chi connectivity index (χ0) is 20.9. The molecule has 1 saturated heterocycles. The molecule has 1 aromatic heterocycles. The van der Waals surface area contributed by atoms with Gasteiger partial charge in [-0.1, -0.05) is 17.3 Å². The highest BCUT2D eigenvalue weighted by Gasteiger charge is 2.27.